The van der Waals surface area contributed by atoms with E-state index in [4.69, 9.17) is 0 Å². The van der Waals surface area contributed by atoms with E-state index in [9.17, 15) is 13.2 Å². The zero-order valence-electron chi connectivity index (χ0n) is 15.7. The molecule has 0 heterocycles. The molecule has 0 saturated carbocycles. The van der Waals surface area contributed by atoms with E-state index in [1.54, 1.807) is 12.1 Å². The third-order valence-corrected chi connectivity index (χ3v) is 5.20. The van der Waals surface area contributed by atoms with Crippen molar-refractivity contribution in [3.63, 3.8) is 0 Å². The van der Waals surface area contributed by atoms with Crippen LogP contribution in [0.25, 0.3) is 0 Å². The van der Waals surface area contributed by atoms with Gasteiger partial charge in [-0.2, -0.15) is 0 Å². The van der Waals surface area contributed by atoms with E-state index in [0.29, 0.717) is 13.1 Å². The number of hydrogen-bond acceptors (Lipinski definition) is 4. The Balaban J connectivity index is 2.42. The molecule has 0 fully saturated rings. The highest BCUT2D eigenvalue weighted by atomic mass is 32.2. The highest BCUT2D eigenvalue weighted by Gasteiger charge is 2.17. The second kappa shape index (κ2) is 9.89. The quantitative estimate of drug-likeness (QED) is 0.549. The number of hydrogen-bond donors (Lipinski definition) is 3. The largest absolute Gasteiger partial charge is 0.355 e. The summed E-state index contributed by atoms with van der Waals surface area (Å²) in [6.07, 6.45) is 1.17. The molecule has 1 aromatic rings. The Kier molecular flexibility index (Phi) is 8.55. The van der Waals surface area contributed by atoms with Crippen LogP contribution in [0.1, 0.15) is 46.1 Å². The predicted molar refractivity (Wildman–Crippen MR) is 101 cm³/mol. The summed E-state index contributed by atoms with van der Waals surface area (Å²) in [5.41, 5.74) is 1.04. The van der Waals surface area contributed by atoms with E-state index in [1.165, 1.54) is 0 Å². The summed E-state index contributed by atoms with van der Waals surface area (Å²) in [4.78, 5) is 11.9. The summed E-state index contributed by atoms with van der Waals surface area (Å²) < 4.78 is 27.0. The van der Waals surface area contributed by atoms with E-state index in [2.05, 4.69) is 43.1 Å². The summed E-state index contributed by atoms with van der Waals surface area (Å²) in [5.74, 6) is -0.163. The molecule has 6 nitrogen and oxygen atoms in total. The molecule has 0 saturated heterocycles. The van der Waals surface area contributed by atoms with Gasteiger partial charge >= 0.3 is 0 Å². The molecule has 0 aromatic heterocycles. The highest BCUT2D eigenvalue weighted by molar-refractivity contribution is 7.89. The van der Waals surface area contributed by atoms with Gasteiger partial charge in [0.1, 0.15) is 0 Å². The number of nitrogens with one attached hydrogen (secondary N) is 3. The van der Waals surface area contributed by atoms with Crippen LogP contribution >= 0.6 is 0 Å². The Hall–Kier alpha value is -1.44. The number of rotatable bonds is 10. The SMILES string of the molecule is CCCNCCNC(=O)CCNS(=O)(=O)c1ccc(C(C)(C)C)cc1. The van der Waals surface area contributed by atoms with Crippen molar-refractivity contribution in [2.24, 2.45) is 0 Å². The van der Waals surface area contributed by atoms with Crippen LogP contribution in [-0.2, 0) is 20.2 Å². The second-order valence-corrected chi connectivity index (χ2v) is 8.79. The number of benzene rings is 1. The molecule has 0 aliphatic heterocycles. The standard InChI is InChI=1S/C18H31N3O3S/c1-5-11-19-13-14-20-17(22)10-12-21-25(23,24)16-8-6-15(7-9-16)18(2,3)4/h6-9,19,21H,5,10-14H2,1-4H3,(H,20,22). The fourth-order valence-electron chi connectivity index (χ4n) is 2.20. The van der Waals surface area contributed by atoms with Crippen molar-refractivity contribution >= 4 is 15.9 Å². The lowest BCUT2D eigenvalue weighted by Gasteiger charge is -2.19. The lowest BCUT2D eigenvalue weighted by Crippen LogP contribution is -2.34. The fourth-order valence-corrected chi connectivity index (χ4v) is 3.23. The van der Waals surface area contributed by atoms with Gasteiger partial charge in [0.2, 0.25) is 15.9 Å². The van der Waals surface area contributed by atoms with Gasteiger partial charge in [-0.25, -0.2) is 13.1 Å². The van der Waals surface area contributed by atoms with Crippen LogP contribution in [0.3, 0.4) is 0 Å². The Labute approximate surface area is 151 Å². The number of carbonyl (C=O) groups is 1. The Morgan fingerprint density at radius 3 is 2.20 bits per heavy atom. The first-order valence-corrected chi connectivity index (χ1v) is 10.2. The van der Waals surface area contributed by atoms with Gasteiger partial charge in [-0.05, 0) is 36.1 Å². The van der Waals surface area contributed by atoms with Gasteiger partial charge < -0.3 is 10.6 Å². The van der Waals surface area contributed by atoms with Crippen molar-refractivity contribution in [2.45, 2.75) is 50.8 Å². The molecule has 142 valence electrons. The second-order valence-electron chi connectivity index (χ2n) is 7.02. The summed E-state index contributed by atoms with van der Waals surface area (Å²) in [6.45, 7) is 10.6. The van der Waals surface area contributed by atoms with Crippen LogP contribution in [-0.4, -0.2) is 40.5 Å². The normalized spacial score (nSPS) is 12.2. The molecule has 25 heavy (non-hydrogen) atoms. The van der Waals surface area contributed by atoms with Crippen molar-refractivity contribution in [2.75, 3.05) is 26.2 Å². The molecule has 7 heteroatoms. The molecule has 0 radical (unpaired) electrons. The van der Waals surface area contributed by atoms with Crippen LogP contribution in [0.15, 0.2) is 29.2 Å². The fraction of sp³-hybridized carbons (Fsp3) is 0.611. The first-order chi connectivity index (χ1) is 11.7. The minimum absolute atomic E-state index is 0.0280. The zero-order valence-corrected chi connectivity index (χ0v) is 16.5. The first kappa shape index (κ1) is 21.6. The average molecular weight is 370 g/mol. The maximum Gasteiger partial charge on any atom is 0.240 e. The number of amides is 1. The van der Waals surface area contributed by atoms with Crippen LogP contribution in [0.5, 0.6) is 0 Å². The van der Waals surface area contributed by atoms with Gasteiger partial charge in [-0.15, -0.1) is 0 Å². The third kappa shape index (κ3) is 7.98. The van der Waals surface area contributed by atoms with Crippen molar-refractivity contribution in [3.05, 3.63) is 29.8 Å². The Morgan fingerprint density at radius 2 is 1.64 bits per heavy atom. The summed E-state index contributed by atoms with van der Waals surface area (Å²) in [6, 6.07) is 6.85. The van der Waals surface area contributed by atoms with Crippen molar-refractivity contribution in [3.8, 4) is 0 Å². The smallest absolute Gasteiger partial charge is 0.240 e. The maximum absolute atomic E-state index is 12.3. The zero-order chi connectivity index (χ0) is 18.9. The van der Waals surface area contributed by atoms with Crippen LogP contribution < -0.4 is 15.4 Å². The molecular formula is C18H31N3O3S. The average Bonchev–Trinajstić information content (AvgIpc) is 2.54. The van der Waals surface area contributed by atoms with Crippen molar-refractivity contribution in [1.29, 1.82) is 0 Å². The molecule has 3 N–H and O–H groups in total. The van der Waals surface area contributed by atoms with Crippen LogP contribution in [0.2, 0.25) is 0 Å². The molecule has 1 aromatic carbocycles. The van der Waals surface area contributed by atoms with Crippen molar-refractivity contribution in [1.82, 2.24) is 15.4 Å². The lowest BCUT2D eigenvalue weighted by molar-refractivity contribution is -0.120. The topological polar surface area (TPSA) is 87.3 Å². The van der Waals surface area contributed by atoms with Gasteiger partial charge in [-0.1, -0.05) is 39.8 Å². The van der Waals surface area contributed by atoms with E-state index in [1.807, 2.05) is 12.1 Å². The van der Waals surface area contributed by atoms with Gasteiger partial charge in [0.25, 0.3) is 0 Å². The van der Waals surface area contributed by atoms with Crippen molar-refractivity contribution < 1.29 is 13.2 Å². The van der Waals surface area contributed by atoms with Gasteiger partial charge in [0.15, 0.2) is 0 Å². The van der Waals surface area contributed by atoms with Crippen LogP contribution in [0.4, 0.5) is 0 Å². The van der Waals surface area contributed by atoms with E-state index < -0.39 is 10.0 Å². The van der Waals surface area contributed by atoms with Gasteiger partial charge in [0, 0.05) is 26.1 Å². The minimum atomic E-state index is -3.59. The monoisotopic (exact) mass is 369 g/mol. The molecular weight excluding hydrogens is 338 g/mol. The molecule has 1 rings (SSSR count). The predicted octanol–water partition coefficient (Wildman–Crippen LogP) is 1.77. The van der Waals surface area contributed by atoms with E-state index >= 15 is 0 Å². The first-order valence-electron chi connectivity index (χ1n) is 8.74. The molecule has 0 bridgehead atoms. The Morgan fingerprint density at radius 1 is 1.00 bits per heavy atom. The number of sulfonamides is 1. The highest BCUT2D eigenvalue weighted by Crippen LogP contribution is 2.23. The minimum Gasteiger partial charge on any atom is -0.355 e. The molecule has 0 aliphatic carbocycles. The molecule has 0 atom stereocenters. The van der Waals surface area contributed by atoms with Gasteiger partial charge in [-0.3, -0.25) is 4.79 Å². The van der Waals surface area contributed by atoms with E-state index in [-0.39, 0.29) is 29.2 Å². The molecule has 0 unspecified atom stereocenters. The third-order valence-electron chi connectivity index (χ3n) is 3.73. The maximum atomic E-state index is 12.3. The molecule has 0 aliphatic rings. The van der Waals surface area contributed by atoms with Crippen LogP contribution in [0, 0.1) is 0 Å². The van der Waals surface area contributed by atoms with Gasteiger partial charge in [0.05, 0.1) is 4.90 Å². The molecule has 1 amide bonds. The summed E-state index contributed by atoms with van der Waals surface area (Å²) in [5, 5.41) is 5.94. The number of carbonyl (C=O) groups excluding carboxylic acids is 1. The summed E-state index contributed by atoms with van der Waals surface area (Å²) in [7, 11) is -3.59. The summed E-state index contributed by atoms with van der Waals surface area (Å²) >= 11 is 0. The van der Waals surface area contributed by atoms with E-state index in [0.717, 1.165) is 18.5 Å². The Bertz CT molecular complexity index is 635. The molecule has 0 spiro atoms. The lowest BCUT2D eigenvalue weighted by atomic mass is 9.87.